The van der Waals surface area contributed by atoms with Crippen LogP contribution < -0.4 is 0 Å². The summed E-state index contributed by atoms with van der Waals surface area (Å²) in [5, 5.41) is 16.5. The van der Waals surface area contributed by atoms with Gasteiger partial charge < -0.3 is 8.94 Å². The van der Waals surface area contributed by atoms with Crippen LogP contribution in [0.25, 0.3) is 0 Å². The van der Waals surface area contributed by atoms with Gasteiger partial charge in [-0.2, -0.15) is 0 Å². The molecular weight excluding hydrogens is 362 g/mol. The quantitative estimate of drug-likeness (QED) is 0.436. The van der Waals surface area contributed by atoms with E-state index in [9.17, 15) is 0 Å². The maximum Gasteiger partial charge on any atom is 0.180 e. The summed E-state index contributed by atoms with van der Waals surface area (Å²) < 4.78 is 12.6. The van der Waals surface area contributed by atoms with Gasteiger partial charge in [-0.1, -0.05) is 10.4 Å². The molecule has 5 aromatic heterocycles. The second kappa shape index (κ2) is 17.2. The molecule has 1 N–H and O–H groups in total. The second-order valence-electron chi connectivity index (χ2n) is 3.39. The van der Waals surface area contributed by atoms with Crippen molar-refractivity contribution in [3.63, 3.8) is 0 Å². The molecule has 0 saturated heterocycles. The Hall–Kier alpha value is -3.18. The SMILES string of the molecule is c1c[nH]nn1.c1cnoc1.c1cnsc1.c1cocn1.c1cscn1. The molecule has 5 aromatic rings. The lowest BCUT2D eigenvalue weighted by atomic mass is 10.8. The minimum Gasteiger partial charge on any atom is -0.452 e. The van der Waals surface area contributed by atoms with E-state index in [-0.39, 0.29) is 0 Å². The molecule has 0 aliphatic carbocycles. The van der Waals surface area contributed by atoms with Crippen LogP contribution in [-0.4, -0.2) is 34.9 Å². The van der Waals surface area contributed by atoms with Crippen LogP contribution in [0.4, 0.5) is 0 Å². The molecule has 0 aromatic carbocycles. The third-order valence-electron chi connectivity index (χ3n) is 1.72. The Labute approximate surface area is 151 Å². The Morgan fingerprint density at radius 1 is 0.880 bits per heavy atom. The van der Waals surface area contributed by atoms with Gasteiger partial charge in [0, 0.05) is 29.4 Å². The van der Waals surface area contributed by atoms with Gasteiger partial charge in [0.15, 0.2) is 6.39 Å². The van der Waals surface area contributed by atoms with E-state index in [0.29, 0.717) is 0 Å². The first-order valence-corrected chi connectivity index (χ1v) is 8.41. The smallest absolute Gasteiger partial charge is 0.180 e. The van der Waals surface area contributed by atoms with Crippen molar-refractivity contribution in [2.24, 2.45) is 0 Å². The van der Waals surface area contributed by atoms with Crippen LogP contribution in [0.1, 0.15) is 0 Å². The van der Waals surface area contributed by atoms with Crippen molar-refractivity contribution >= 4 is 22.9 Å². The topological polar surface area (TPSA) is 119 Å². The number of aromatic nitrogens is 7. The Kier molecular flexibility index (Phi) is 13.7. The first-order valence-electron chi connectivity index (χ1n) is 6.63. The van der Waals surface area contributed by atoms with Crippen molar-refractivity contribution in [1.82, 2.24) is 34.9 Å². The molecule has 0 bridgehead atoms. The monoisotopic (exact) mass is 377 g/mol. The van der Waals surface area contributed by atoms with Gasteiger partial charge in [-0.05, 0) is 23.7 Å². The first-order chi connectivity index (χ1) is 12.5. The molecule has 0 spiro atoms. The molecule has 0 amide bonds. The molecule has 5 heterocycles. The van der Waals surface area contributed by atoms with Crippen LogP contribution in [0.15, 0.2) is 93.4 Å². The van der Waals surface area contributed by atoms with Crippen LogP contribution in [0.2, 0.25) is 0 Å². The highest BCUT2D eigenvalue weighted by Crippen LogP contribution is 1.86. The third-order valence-corrected chi connectivity index (χ3v) is 2.76. The number of H-pyrrole nitrogens is 1. The minimum absolute atomic E-state index is 1.38. The van der Waals surface area contributed by atoms with Crippen LogP contribution in [0, 0.1) is 0 Å². The number of hydrogen-bond acceptors (Lipinski definition) is 10. The molecular formula is C14H15N7O2S2. The van der Waals surface area contributed by atoms with Gasteiger partial charge in [0.1, 0.15) is 12.5 Å². The van der Waals surface area contributed by atoms with Crippen molar-refractivity contribution in [2.75, 3.05) is 0 Å². The molecule has 11 heteroatoms. The predicted octanol–water partition coefficient (Wildman–Crippen LogP) is 3.44. The van der Waals surface area contributed by atoms with E-state index >= 15 is 0 Å². The van der Waals surface area contributed by atoms with Crippen LogP contribution in [0.5, 0.6) is 0 Å². The minimum atomic E-state index is 1.38. The second-order valence-corrected chi connectivity index (χ2v) is 4.84. The van der Waals surface area contributed by atoms with Gasteiger partial charge >= 0.3 is 0 Å². The molecule has 9 nitrogen and oxygen atoms in total. The summed E-state index contributed by atoms with van der Waals surface area (Å²) in [4.78, 5) is 7.30. The van der Waals surface area contributed by atoms with Gasteiger partial charge in [-0.25, -0.2) is 9.36 Å². The number of nitrogens with zero attached hydrogens (tertiary/aromatic N) is 6. The summed E-state index contributed by atoms with van der Waals surface area (Å²) in [5.41, 5.74) is 1.79. The van der Waals surface area contributed by atoms with Crippen LogP contribution in [-0.2, 0) is 0 Å². The number of rotatable bonds is 0. The average Bonchev–Trinajstić information content (AvgIpc) is 3.55. The zero-order chi connectivity index (χ0) is 17.7. The summed E-state index contributed by atoms with van der Waals surface area (Å²) >= 11 is 3.06. The highest BCUT2D eigenvalue weighted by molar-refractivity contribution is 7.07. The number of thiazole rings is 1. The maximum atomic E-state index is 4.47. The van der Waals surface area contributed by atoms with E-state index in [1.807, 2.05) is 16.8 Å². The number of nitrogens with one attached hydrogen (secondary N) is 1. The summed E-state index contributed by atoms with van der Waals surface area (Å²) in [6.45, 7) is 0. The van der Waals surface area contributed by atoms with E-state index in [2.05, 4.69) is 43.8 Å². The maximum absolute atomic E-state index is 4.47. The fourth-order valence-corrected chi connectivity index (χ4v) is 1.57. The molecule has 0 radical (unpaired) electrons. The average molecular weight is 377 g/mol. The van der Waals surface area contributed by atoms with E-state index < -0.39 is 0 Å². The fourth-order valence-electron chi connectivity index (χ4n) is 0.869. The Balaban J connectivity index is 0.000000156. The highest BCUT2D eigenvalue weighted by Gasteiger charge is 1.61. The van der Waals surface area contributed by atoms with Crippen LogP contribution >= 0.6 is 22.9 Å². The molecule has 0 unspecified atom stereocenters. The van der Waals surface area contributed by atoms with Crippen LogP contribution in [0.3, 0.4) is 0 Å². The largest absolute Gasteiger partial charge is 0.452 e. The Morgan fingerprint density at radius 2 is 1.88 bits per heavy atom. The van der Waals surface area contributed by atoms with Crippen molar-refractivity contribution in [2.45, 2.75) is 0 Å². The molecule has 0 fully saturated rings. The van der Waals surface area contributed by atoms with Crippen molar-refractivity contribution in [3.8, 4) is 0 Å². The number of hydrogen-bond donors (Lipinski definition) is 1. The molecule has 25 heavy (non-hydrogen) atoms. The fraction of sp³-hybridized carbons (Fsp3) is 0. The molecule has 5 rings (SSSR count). The predicted molar refractivity (Wildman–Crippen MR) is 93.6 cm³/mol. The molecule has 0 aliphatic heterocycles. The van der Waals surface area contributed by atoms with Gasteiger partial charge in [0.2, 0.25) is 0 Å². The number of aromatic amines is 1. The van der Waals surface area contributed by atoms with Gasteiger partial charge in [0.25, 0.3) is 0 Å². The summed E-state index contributed by atoms with van der Waals surface area (Å²) in [6, 6.07) is 3.63. The molecule has 0 atom stereocenters. The normalized spacial score (nSPS) is 8.00. The lowest BCUT2D eigenvalue weighted by Gasteiger charge is -1.48. The Morgan fingerprint density at radius 3 is 2.08 bits per heavy atom. The third kappa shape index (κ3) is 15.5. The summed E-state index contributed by atoms with van der Waals surface area (Å²) in [7, 11) is 0. The lowest BCUT2D eigenvalue weighted by Crippen LogP contribution is -1.61. The van der Waals surface area contributed by atoms with E-state index in [1.54, 1.807) is 60.1 Å². The van der Waals surface area contributed by atoms with E-state index in [1.165, 1.54) is 30.5 Å². The Bertz CT molecular complexity index is 474. The standard InChI is InChI=1S/2C3H3NO.2C3H3NS.C2H3N3/c1-2-5-3-4-1;1-2-4-5-3-1;1-2-5-3-4-1;2*1-2-4-5-3-1/h4*1-3H;1-2H,(H,3,4,5). The zero-order valence-corrected chi connectivity index (χ0v) is 14.5. The van der Waals surface area contributed by atoms with Gasteiger partial charge in [-0.3, -0.25) is 10.1 Å². The summed E-state index contributed by atoms with van der Waals surface area (Å²) in [5.74, 6) is 0. The van der Waals surface area contributed by atoms with E-state index in [4.69, 9.17) is 0 Å². The molecule has 0 aliphatic rings. The van der Waals surface area contributed by atoms with Crippen molar-refractivity contribution in [1.29, 1.82) is 0 Å². The number of oxazole rings is 1. The summed E-state index contributed by atoms with van der Waals surface area (Å²) in [6.07, 6.45) is 14.3. The van der Waals surface area contributed by atoms with Crippen molar-refractivity contribution in [3.05, 3.63) is 84.5 Å². The van der Waals surface area contributed by atoms with Crippen molar-refractivity contribution < 1.29 is 8.94 Å². The van der Waals surface area contributed by atoms with E-state index in [0.717, 1.165) is 0 Å². The van der Waals surface area contributed by atoms with Gasteiger partial charge in [-0.15, -0.1) is 16.4 Å². The highest BCUT2D eigenvalue weighted by atomic mass is 32.1. The first kappa shape index (κ1) is 19.9. The lowest BCUT2D eigenvalue weighted by molar-refractivity contribution is 0.420. The molecule has 0 saturated carbocycles. The molecule has 130 valence electrons. The zero-order valence-electron chi connectivity index (χ0n) is 12.9. The van der Waals surface area contributed by atoms with Gasteiger partial charge in [0.05, 0.1) is 24.1 Å².